The number of aliphatic hydroxyl groups excluding tert-OH is 1. The summed E-state index contributed by atoms with van der Waals surface area (Å²) in [5.74, 6) is 0. The Morgan fingerprint density at radius 1 is 1.31 bits per heavy atom. The third kappa shape index (κ3) is 3.25. The van der Waals surface area contributed by atoms with Crippen LogP contribution >= 0.6 is 11.6 Å². The number of aromatic nitrogens is 4. The number of rotatable bonds is 4. The summed E-state index contributed by atoms with van der Waals surface area (Å²) in [7, 11) is 0. The molecule has 0 fully saturated rings. The van der Waals surface area contributed by atoms with Gasteiger partial charge in [-0.15, -0.1) is 0 Å². The van der Waals surface area contributed by atoms with Gasteiger partial charge < -0.3 is 5.11 Å². The Bertz CT molecular complexity index is 1010. The van der Waals surface area contributed by atoms with Crippen LogP contribution < -0.4 is 5.56 Å². The summed E-state index contributed by atoms with van der Waals surface area (Å²) in [6.45, 7) is 4.81. The Hall–Kier alpha value is -2.22. The van der Waals surface area contributed by atoms with E-state index in [1.807, 2.05) is 17.7 Å². The van der Waals surface area contributed by atoms with Crippen LogP contribution in [0.4, 0.5) is 0 Å². The Labute approximate surface area is 155 Å². The lowest BCUT2D eigenvalue weighted by molar-refractivity contribution is 0.166. The van der Waals surface area contributed by atoms with E-state index in [1.54, 1.807) is 24.4 Å². The van der Waals surface area contributed by atoms with Crippen LogP contribution in [0.25, 0.3) is 5.65 Å². The largest absolute Gasteiger partial charge is 0.387 e. The number of nitrogens with zero attached hydrogens (tertiary/aromatic N) is 5. The predicted molar refractivity (Wildman–Crippen MR) is 98.1 cm³/mol. The van der Waals surface area contributed by atoms with Crippen LogP contribution in [-0.2, 0) is 19.6 Å². The van der Waals surface area contributed by atoms with Crippen LogP contribution in [0.3, 0.4) is 0 Å². The second-order valence-electron chi connectivity index (χ2n) is 6.58. The molecule has 7 nitrogen and oxygen atoms in total. The fourth-order valence-corrected chi connectivity index (χ4v) is 3.45. The molecule has 1 N–H and O–H groups in total. The maximum absolute atomic E-state index is 12.3. The van der Waals surface area contributed by atoms with Crippen molar-refractivity contribution >= 4 is 17.2 Å². The van der Waals surface area contributed by atoms with Crippen molar-refractivity contribution in [1.82, 2.24) is 24.1 Å². The summed E-state index contributed by atoms with van der Waals surface area (Å²) in [4.78, 5) is 19.1. The predicted octanol–water partition coefficient (Wildman–Crippen LogP) is 2.00. The van der Waals surface area contributed by atoms with Gasteiger partial charge in [0.05, 0.1) is 34.8 Å². The maximum Gasteiger partial charge on any atom is 0.258 e. The summed E-state index contributed by atoms with van der Waals surface area (Å²) in [5, 5.41) is 15.0. The molecule has 0 radical (unpaired) electrons. The molecule has 4 heterocycles. The second-order valence-corrected chi connectivity index (χ2v) is 7.02. The van der Waals surface area contributed by atoms with E-state index < -0.39 is 6.10 Å². The highest BCUT2D eigenvalue weighted by molar-refractivity contribution is 6.30. The number of hydrogen-bond acceptors (Lipinski definition) is 5. The molecule has 1 aliphatic heterocycles. The van der Waals surface area contributed by atoms with E-state index in [4.69, 9.17) is 11.6 Å². The minimum atomic E-state index is -0.518. The second kappa shape index (κ2) is 6.83. The summed E-state index contributed by atoms with van der Waals surface area (Å²) in [5.41, 5.74) is 2.99. The average molecular weight is 374 g/mol. The Balaban J connectivity index is 1.55. The average Bonchev–Trinajstić information content (AvgIpc) is 3.05. The quantitative estimate of drug-likeness (QED) is 0.757. The molecule has 1 aliphatic rings. The first-order valence-corrected chi connectivity index (χ1v) is 9.06. The molecule has 0 saturated heterocycles. The molecule has 0 saturated carbocycles. The van der Waals surface area contributed by atoms with E-state index in [0.717, 1.165) is 30.2 Å². The van der Waals surface area contributed by atoms with E-state index in [0.29, 0.717) is 30.2 Å². The zero-order chi connectivity index (χ0) is 18.3. The molecule has 1 atom stereocenters. The lowest BCUT2D eigenvalue weighted by Crippen LogP contribution is -2.34. The van der Waals surface area contributed by atoms with Gasteiger partial charge >= 0.3 is 0 Å². The fraction of sp³-hybridized carbons (Fsp3) is 0.389. The summed E-state index contributed by atoms with van der Waals surface area (Å²) in [6.07, 6.45) is 1.71. The number of fused-ring (bicyclic) bond motifs is 2. The molecule has 4 rings (SSSR count). The molecule has 8 heteroatoms. The van der Waals surface area contributed by atoms with E-state index in [9.17, 15) is 9.90 Å². The lowest BCUT2D eigenvalue weighted by atomic mass is 10.2. The first-order chi connectivity index (χ1) is 12.5. The van der Waals surface area contributed by atoms with E-state index in [-0.39, 0.29) is 5.56 Å². The van der Waals surface area contributed by atoms with Crippen molar-refractivity contribution in [3.63, 3.8) is 0 Å². The zero-order valence-electron chi connectivity index (χ0n) is 14.5. The molecular weight excluding hydrogens is 354 g/mol. The van der Waals surface area contributed by atoms with Gasteiger partial charge in [-0.05, 0) is 24.6 Å². The SMILES string of the molecule is CC[C@H](O)c1cc2n(n1)CCN(Cc1cc(=O)n3cc(Cl)ccc3n1)C2. The molecule has 136 valence electrons. The summed E-state index contributed by atoms with van der Waals surface area (Å²) >= 11 is 5.95. The molecule has 0 aromatic carbocycles. The molecule has 0 aliphatic carbocycles. The Kier molecular flexibility index (Phi) is 4.52. The van der Waals surface area contributed by atoms with Crippen LogP contribution in [0.15, 0.2) is 35.3 Å². The monoisotopic (exact) mass is 373 g/mol. The molecular formula is C18H20ClN5O2. The van der Waals surface area contributed by atoms with Crippen molar-refractivity contribution < 1.29 is 5.11 Å². The third-order valence-electron chi connectivity index (χ3n) is 4.69. The van der Waals surface area contributed by atoms with Gasteiger partial charge in [0, 0.05) is 31.9 Å². The normalized spacial score (nSPS) is 16.0. The number of hydrogen-bond donors (Lipinski definition) is 1. The van der Waals surface area contributed by atoms with Gasteiger partial charge in [-0.1, -0.05) is 18.5 Å². The first-order valence-electron chi connectivity index (χ1n) is 8.68. The van der Waals surface area contributed by atoms with Gasteiger partial charge in [0.15, 0.2) is 0 Å². The minimum absolute atomic E-state index is 0.136. The van der Waals surface area contributed by atoms with Gasteiger partial charge in [0.25, 0.3) is 5.56 Å². The topological polar surface area (TPSA) is 75.7 Å². The molecule has 3 aromatic rings. The maximum atomic E-state index is 12.3. The minimum Gasteiger partial charge on any atom is -0.387 e. The van der Waals surface area contributed by atoms with Gasteiger partial charge in [-0.3, -0.25) is 18.8 Å². The van der Waals surface area contributed by atoms with Crippen LogP contribution in [0.1, 0.15) is 36.5 Å². The summed E-state index contributed by atoms with van der Waals surface area (Å²) in [6, 6.07) is 7.00. The fourth-order valence-electron chi connectivity index (χ4n) is 3.29. The van der Waals surface area contributed by atoms with Gasteiger partial charge in [0.1, 0.15) is 5.65 Å². The standard InChI is InChI=1S/C18H20ClN5O2/c1-2-16(25)15-8-14-11-22(5-6-24(14)21-15)10-13-7-18(26)23-9-12(19)3-4-17(23)20-13/h3-4,7-9,16,25H,2,5-6,10-11H2,1H3/t16-/m0/s1. The van der Waals surface area contributed by atoms with Crippen LogP contribution in [0.2, 0.25) is 5.02 Å². The van der Waals surface area contributed by atoms with E-state index in [2.05, 4.69) is 15.0 Å². The molecule has 26 heavy (non-hydrogen) atoms. The number of halogens is 1. The van der Waals surface area contributed by atoms with Gasteiger partial charge in [-0.25, -0.2) is 4.98 Å². The van der Waals surface area contributed by atoms with Crippen molar-refractivity contribution in [3.05, 3.63) is 62.9 Å². The van der Waals surface area contributed by atoms with E-state index in [1.165, 1.54) is 4.40 Å². The van der Waals surface area contributed by atoms with Crippen LogP contribution in [0.5, 0.6) is 0 Å². The molecule has 0 spiro atoms. The molecule has 0 bridgehead atoms. The molecule has 0 amide bonds. The van der Waals surface area contributed by atoms with E-state index >= 15 is 0 Å². The Morgan fingerprint density at radius 3 is 2.96 bits per heavy atom. The molecule has 3 aromatic heterocycles. The third-order valence-corrected chi connectivity index (χ3v) is 4.91. The van der Waals surface area contributed by atoms with Crippen molar-refractivity contribution in [2.24, 2.45) is 0 Å². The van der Waals surface area contributed by atoms with Crippen molar-refractivity contribution in [3.8, 4) is 0 Å². The summed E-state index contributed by atoms with van der Waals surface area (Å²) < 4.78 is 3.41. The first kappa shape index (κ1) is 17.2. The smallest absolute Gasteiger partial charge is 0.258 e. The Morgan fingerprint density at radius 2 is 2.15 bits per heavy atom. The van der Waals surface area contributed by atoms with Gasteiger partial charge in [0.2, 0.25) is 0 Å². The van der Waals surface area contributed by atoms with Crippen molar-refractivity contribution in [1.29, 1.82) is 0 Å². The highest BCUT2D eigenvalue weighted by Gasteiger charge is 2.21. The van der Waals surface area contributed by atoms with Gasteiger partial charge in [-0.2, -0.15) is 5.10 Å². The van der Waals surface area contributed by atoms with Crippen LogP contribution in [-0.4, -0.2) is 35.7 Å². The van der Waals surface area contributed by atoms with Crippen molar-refractivity contribution in [2.45, 2.75) is 39.1 Å². The highest BCUT2D eigenvalue weighted by Crippen LogP contribution is 2.20. The highest BCUT2D eigenvalue weighted by atomic mass is 35.5. The number of pyridine rings is 1. The lowest BCUT2D eigenvalue weighted by Gasteiger charge is -2.27. The van der Waals surface area contributed by atoms with Crippen molar-refractivity contribution in [2.75, 3.05) is 6.54 Å². The molecule has 0 unspecified atom stereocenters. The number of aliphatic hydroxyl groups is 1. The zero-order valence-corrected chi connectivity index (χ0v) is 15.2. The van der Waals surface area contributed by atoms with Crippen LogP contribution in [0, 0.1) is 0 Å².